The number of carboxylic acids is 1. The number of amides is 1. The Morgan fingerprint density at radius 1 is 1.00 bits per heavy atom. The number of hydrogen-bond acceptors (Lipinski definition) is 7. The van der Waals surface area contributed by atoms with E-state index >= 15 is 0 Å². The number of sulfonamides is 1. The number of ketones is 1. The molecule has 4 rings (SSSR count). The fourth-order valence-corrected chi connectivity index (χ4v) is 8.37. The van der Waals surface area contributed by atoms with E-state index in [1.165, 1.54) is 42.4 Å². The third-order valence-electron chi connectivity index (χ3n) is 7.60. The Morgan fingerprint density at radius 2 is 1.74 bits per heavy atom. The van der Waals surface area contributed by atoms with E-state index in [1.807, 2.05) is 12.1 Å². The number of thioether (sulfide) groups is 1. The number of nitrogens with one attached hydrogen (secondary N) is 1. The molecule has 2 atom stereocenters. The average Bonchev–Trinajstić information content (AvgIpc) is 3.50. The predicted octanol–water partition coefficient (Wildman–Crippen LogP) is 4.25. The number of nitrogens with zero attached hydrogens (tertiary/aromatic N) is 2. The van der Waals surface area contributed by atoms with Crippen molar-refractivity contribution in [2.45, 2.75) is 81.2 Å². The van der Waals surface area contributed by atoms with E-state index in [2.05, 4.69) is 10.3 Å². The van der Waals surface area contributed by atoms with Crippen molar-refractivity contribution >= 4 is 45.2 Å². The largest absolute Gasteiger partial charge is 0.480 e. The van der Waals surface area contributed by atoms with Crippen LogP contribution in [0.25, 0.3) is 0 Å². The lowest BCUT2D eigenvalue weighted by Crippen LogP contribution is -2.52. The van der Waals surface area contributed by atoms with Crippen molar-refractivity contribution < 1.29 is 27.9 Å². The third-order valence-corrected chi connectivity index (χ3v) is 10.6. The Labute approximate surface area is 252 Å². The van der Waals surface area contributed by atoms with E-state index < -0.39 is 34.0 Å². The number of hydrogen-bond donors (Lipinski definition) is 2. The number of aliphatic imine (C=N–C) groups is 1. The van der Waals surface area contributed by atoms with Crippen molar-refractivity contribution in [2.24, 2.45) is 4.99 Å². The van der Waals surface area contributed by atoms with Gasteiger partial charge in [-0.2, -0.15) is 4.31 Å². The molecule has 0 spiro atoms. The maximum atomic E-state index is 13.1. The van der Waals surface area contributed by atoms with Gasteiger partial charge in [-0.05, 0) is 61.8 Å². The van der Waals surface area contributed by atoms with Gasteiger partial charge in [0, 0.05) is 37.3 Å². The van der Waals surface area contributed by atoms with Gasteiger partial charge in [-0.25, -0.2) is 13.2 Å². The lowest BCUT2D eigenvalue weighted by Gasteiger charge is -2.24. The van der Waals surface area contributed by atoms with Gasteiger partial charge in [-0.15, -0.1) is 11.8 Å². The molecule has 2 aromatic rings. The number of benzene rings is 2. The number of aliphatic carboxylic acids is 1. The maximum absolute atomic E-state index is 13.1. The number of Topliss-reactive ketones (excluding diaryl/α,β-unsaturated/α-hetero) is 1. The molecule has 0 saturated carbocycles. The molecule has 0 aliphatic carbocycles. The summed E-state index contributed by atoms with van der Waals surface area (Å²) in [4.78, 5) is 42.2. The molecule has 2 aromatic carbocycles. The van der Waals surface area contributed by atoms with Gasteiger partial charge in [0.05, 0.1) is 10.8 Å². The van der Waals surface area contributed by atoms with Gasteiger partial charge in [0.1, 0.15) is 17.9 Å². The fraction of sp³-hybridized carbons (Fsp3) is 0.484. The quantitative estimate of drug-likeness (QED) is 0.287. The van der Waals surface area contributed by atoms with E-state index in [0.717, 1.165) is 48.5 Å². The number of unbranched alkanes of at least 4 members (excludes halogenated alkanes) is 2. The van der Waals surface area contributed by atoms with Gasteiger partial charge >= 0.3 is 5.97 Å². The lowest BCUT2D eigenvalue weighted by atomic mass is 9.99. The minimum absolute atomic E-state index is 0.0336. The Hall–Kier alpha value is -3.02. The van der Waals surface area contributed by atoms with Gasteiger partial charge in [0.15, 0.2) is 0 Å². The average molecular weight is 614 g/mol. The van der Waals surface area contributed by atoms with E-state index in [9.17, 15) is 27.9 Å². The zero-order chi connectivity index (χ0) is 30.0. The first-order chi connectivity index (χ1) is 20.2. The van der Waals surface area contributed by atoms with E-state index in [-0.39, 0.29) is 28.7 Å². The summed E-state index contributed by atoms with van der Waals surface area (Å²) in [6, 6.07) is 12.8. The summed E-state index contributed by atoms with van der Waals surface area (Å²) >= 11 is 1.31. The van der Waals surface area contributed by atoms with Crippen LogP contribution in [0.1, 0.15) is 62.5 Å². The first kappa shape index (κ1) is 31.9. The smallest absolute Gasteiger partial charge is 0.326 e. The summed E-state index contributed by atoms with van der Waals surface area (Å²) in [6.45, 7) is 0.957. The summed E-state index contributed by atoms with van der Waals surface area (Å²) in [5.41, 5.74) is 2.88. The van der Waals surface area contributed by atoms with Crippen molar-refractivity contribution in [3.63, 3.8) is 0 Å². The number of carbonyl (C=O) groups is 3. The summed E-state index contributed by atoms with van der Waals surface area (Å²) in [5, 5.41) is 12.3. The third kappa shape index (κ3) is 8.99. The van der Waals surface area contributed by atoms with Crippen LogP contribution in [0.3, 0.4) is 0 Å². The molecule has 0 radical (unpaired) electrons. The summed E-state index contributed by atoms with van der Waals surface area (Å²) in [6.07, 6.45) is 8.45. The normalized spacial score (nSPS) is 18.3. The topological polar surface area (TPSA) is 133 Å². The fourth-order valence-electron chi connectivity index (χ4n) is 5.20. The summed E-state index contributed by atoms with van der Waals surface area (Å²) in [5.74, 6) is -1.31. The molecule has 0 aromatic heterocycles. The molecule has 2 aliphatic heterocycles. The predicted molar refractivity (Wildman–Crippen MR) is 164 cm³/mol. The van der Waals surface area contributed by atoms with Crippen LogP contribution in [0, 0.1) is 0 Å². The van der Waals surface area contributed by atoms with E-state index in [4.69, 9.17) is 0 Å². The highest BCUT2D eigenvalue weighted by Crippen LogP contribution is 2.28. The van der Waals surface area contributed by atoms with Crippen LogP contribution in [0.5, 0.6) is 0 Å². The van der Waals surface area contributed by atoms with Crippen molar-refractivity contribution in [1.29, 1.82) is 0 Å². The SMILES string of the molecule is O=C(CCCCCC1=NCCCC1)Cc1ccc(C[C@H](NC(=O)[C@@H]2CSCN2S(=O)(=O)c2ccccc2)C(=O)O)cc1. The Morgan fingerprint density at radius 3 is 2.43 bits per heavy atom. The van der Waals surface area contributed by atoms with Gasteiger partial charge in [-0.3, -0.25) is 14.6 Å². The molecule has 9 nitrogen and oxygen atoms in total. The zero-order valence-corrected chi connectivity index (χ0v) is 25.4. The molecule has 11 heteroatoms. The maximum Gasteiger partial charge on any atom is 0.326 e. The molecule has 2 aliphatic rings. The second kappa shape index (κ2) is 15.5. The van der Waals surface area contributed by atoms with Crippen LogP contribution in [0.15, 0.2) is 64.5 Å². The number of carboxylic acid groups (broad SMARTS) is 1. The van der Waals surface area contributed by atoms with Crippen LogP contribution >= 0.6 is 11.8 Å². The van der Waals surface area contributed by atoms with Gasteiger partial charge in [0.2, 0.25) is 15.9 Å². The molecular weight excluding hydrogens is 574 g/mol. The van der Waals surface area contributed by atoms with Gasteiger partial charge < -0.3 is 10.4 Å². The van der Waals surface area contributed by atoms with Crippen molar-refractivity contribution in [2.75, 3.05) is 18.2 Å². The van der Waals surface area contributed by atoms with Crippen LogP contribution in [-0.2, 0) is 37.2 Å². The first-order valence-electron chi connectivity index (χ1n) is 14.5. The highest BCUT2D eigenvalue weighted by molar-refractivity contribution is 8.00. The number of carbonyl (C=O) groups excluding carboxylic acids is 2. The van der Waals surface area contributed by atoms with Crippen molar-refractivity contribution in [3.8, 4) is 0 Å². The molecule has 2 heterocycles. The molecule has 0 bridgehead atoms. The van der Waals surface area contributed by atoms with Crippen molar-refractivity contribution in [1.82, 2.24) is 9.62 Å². The van der Waals surface area contributed by atoms with Crippen molar-refractivity contribution in [3.05, 3.63) is 65.7 Å². The molecule has 1 saturated heterocycles. The second-order valence-corrected chi connectivity index (χ2v) is 13.7. The monoisotopic (exact) mass is 613 g/mol. The molecule has 226 valence electrons. The highest BCUT2D eigenvalue weighted by atomic mass is 32.2. The Balaban J connectivity index is 1.25. The molecule has 1 amide bonds. The van der Waals surface area contributed by atoms with Crippen LogP contribution in [0.4, 0.5) is 0 Å². The Kier molecular flexibility index (Phi) is 11.7. The van der Waals surface area contributed by atoms with E-state index in [0.29, 0.717) is 18.4 Å². The number of rotatable bonds is 15. The Bertz CT molecular complexity index is 1360. The summed E-state index contributed by atoms with van der Waals surface area (Å²) in [7, 11) is -3.90. The second-order valence-electron chi connectivity index (χ2n) is 10.8. The van der Waals surface area contributed by atoms with Crippen LogP contribution in [0.2, 0.25) is 0 Å². The first-order valence-corrected chi connectivity index (χ1v) is 17.1. The van der Waals surface area contributed by atoms with E-state index in [1.54, 1.807) is 30.3 Å². The highest BCUT2D eigenvalue weighted by Gasteiger charge is 2.41. The molecule has 42 heavy (non-hydrogen) atoms. The standard InChI is InChI=1S/C31H39N3O6S2/c35-26(11-4-1-3-9-25-10-7-8-18-32-25)19-23-14-16-24(17-15-23)20-28(31(37)38)33-30(36)29-21-41-22-34(29)42(39,40)27-12-5-2-6-13-27/h2,5-6,12-17,28-29H,1,3-4,7-11,18-22H2,(H,33,36)(H,37,38)/t28-,29-/m0/s1. The summed E-state index contributed by atoms with van der Waals surface area (Å²) < 4.78 is 27.3. The zero-order valence-electron chi connectivity index (χ0n) is 23.7. The minimum atomic E-state index is -3.90. The van der Waals surface area contributed by atoms with Gasteiger partial charge in [0.25, 0.3) is 0 Å². The molecule has 2 N–H and O–H groups in total. The molecule has 1 fully saturated rings. The van der Waals surface area contributed by atoms with Gasteiger partial charge in [-0.1, -0.05) is 48.9 Å². The molecule has 0 unspecified atom stereocenters. The van der Waals surface area contributed by atoms with Crippen LogP contribution < -0.4 is 5.32 Å². The van der Waals surface area contributed by atoms with Crippen LogP contribution in [-0.4, -0.2) is 71.5 Å². The minimum Gasteiger partial charge on any atom is -0.480 e. The lowest BCUT2D eigenvalue weighted by molar-refractivity contribution is -0.142. The molecular formula is C31H39N3O6S2.